The summed E-state index contributed by atoms with van der Waals surface area (Å²) in [4.78, 5) is 22.2. The number of nitrogens with one attached hydrogen (secondary N) is 1. The van der Waals surface area contributed by atoms with E-state index in [1.807, 2.05) is 0 Å². The minimum atomic E-state index is -0.481. The molecule has 4 rings (SSSR count). The topological polar surface area (TPSA) is 106 Å². The lowest BCUT2D eigenvalue weighted by atomic mass is 10.1. The smallest absolute Gasteiger partial charge is 0.261 e. The molecule has 2 heterocycles. The monoisotopic (exact) mass is 479 g/mol. The third kappa shape index (κ3) is 4.73. The maximum atomic E-state index is 13.3. The second-order valence-corrected chi connectivity index (χ2v) is 7.76. The maximum absolute atomic E-state index is 13.3. The van der Waals surface area contributed by atoms with Crippen LogP contribution >= 0.6 is 11.6 Å². The van der Waals surface area contributed by atoms with Crippen LogP contribution in [0.5, 0.6) is 11.5 Å². The zero-order valence-electron chi connectivity index (χ0n) is 18.8. The van der Waals surface area contributed by atoms with Crippen molar-refractivity contribution in [3.63, 3.8) is 0 Å². The molecule has 0 aliphatic heterocycles. The van der Waals surface area contributed by atoms with Gasteiger partial charge in [0.25, 0.3) is 5.91 Å². The standard InChI is InChI=1S/C25H22ClN3O5/c1-14-23-19(15(13-30)12-27-14)11-20(24(31)29-22-7-5-4-6-21(22)26)25(34-23)28-16-8-17(32-2)10-18(9-16)33-3/h4-12,30H,13H2,1-3H3,(H,29,31). The van der Waals surface area contributed by atoms with E-state index in [9.17, 15) is 9.90 Å². The van der Waals surface area contributed by atoms with Gasteiger partial charge in [0.15, 0.2) is 5.58 Å². The Morgan fingerprint density at radius 2 is 1.85 bits per heavy atom. The Balaban J connectivity index is 1.96. The lowest BCUT2D eigenvalue weighted by Gasteiger charge is -2.11. The molecule has 1 amide bonds. The number of hydrogen-bond acceptors (Lipinski definition) is 7. The van der Waals surface area contributed by atoms with Gasteiger partial charge < -0.3 is 24.3 Å². The van der Waals surface area contributed by atoms with Crippen molar-refractivity contribution in [1.29, 1.82) is 0 Å². The molecule has 174 valence electrons. The fraction of sp³-hybridized carbons (Fsp3) is 0.160. The van der Waals surface area contributed by atoms with Crippen LogP contribution in [-0.2, 0) is 6.61 Å². The second-order valence-electron chi connectivity index (χ2n) is 7.35. The number of aliphatic hydroxyl groups excluding tert-OH is 1. The highest BCUT2D eigenvalue weighted by Gasteiger charge is 2.17. The summed E-state index contributed by atoms with van der Waals surface area (Å²) in [5, 5.41) is 13.5. The minimum absolute atomic E-state index is 0.0485. The quantitative estimate of drug-likeness (QED) is 0.412. The number of carbonyl (C=O) groups excluding carboxylic acids is 1. The summed E-state index contributed by atoms with van der Waals surface area (Å²) in [5.41, 5.74) is 2.61. The number of nitrogens with zero attached hydrogens (tertiary/aromatic N) is 2. The number of aryl methyl sites for hydroxylation is 1. The van der Waals surface area contributed by atoms with Crippen molar-refractivity contribution in [3.05, 3.63) is 82.1 Å². The van der Waals surface area contributed by atoms with E-state index in [4.69, 9.17) is 25.5 Å². The van der Waals surface area contributed by atoms with Gasteiger partial charge in [-0.25, -0.2) is 4.99 Å². The summed E-state index contributed by atoms with van der Waals surface area (Å²) in [7, 11) is 3.07. The molecule has 0 fully saturated rings. The van der Waals surface area contributed by atoms with Crippen LogP contribution in [-0.4, -0.2) is 30.2 Å². The molecule has 0 atom stereocenters. The number of anilines is 1. The third-order valence-corrected chi connectivity index (χ3v) is 5.48. The molecule has 0 aliphatic carbocycles. The molecule has 8 nitrogen and oxygen atoms in total. The molecule has 0 radical (unpaired) electrons. The van der Waals surface area contributed by atoms with Crippen LogP contribution in [0.2, 0.25) is 5.02 Å². The van der Waals surface area contributed by atoms with Crippen molar-refractivity contribution in [2.45, 2.75) is 13.5 Å². The Kier molecular flexibility index (Phi) is 6.81. The molecule has 0 saturated heterocycles. The average molecular weight is 480 g/mol. The highest BCUT2D eigenvalue weighted by molar-refractivity contribution is 6.33. The summed E-state index contributed by atoms with van der Waals surface area (Å²) >= 11 is 6.22. The fourth-order valence-corrected chi connectivity index (χ4v) is 3.57. The number of carbonyl (C=O) groups is 1. The third-order valence-electron chi connectivity index (χ3n) is 5.15. The maximum Gasteiger partial charge on any atom is 0.261 e. The summed E-state index contributed by atoms with van der Waals surface area (Å²) in [6.45, 7) is 1.50. The van der Waals surface area contributed by atoms with E-state index in [0.29, 0.717) is 50.1 Å². The summed E-state index contributed by atoms with van der Waals surface area (Å²) in [6.07, 6.45) is 1.55. The van der Waals surface area contributed by atoms with Crippen molar-refractivity contribution >= 4 is 39.9 Å². The van der Waals surface area contributed by atoms with Crippen molar-refractivity contribution in [2.24, 2.45) is 4.99 Å². The number of benzene rings is 2. The highest BCUT2D eigenvalue weighted by atomic mass is 35.5. The largest absolute Gasteiger partial charge is 0.497 e. The number of fused-ring (bicyclic) bond motifs is 1. The van der Waals surface area contributed by atoms with Gasteiger partial charge in [-0.1, -0.05) is 23.7 Å². The van der Waals surface area contributed by atoms with E-state index in [1.165, 1.54) is 14.2 Å². The van der Waals surface area contributed by atoms with Crippen LogP contribution in [0.3, 0.4) is 0 Å². The number of pyridine rings is 1. The number of halogens is 1. The van der Waals surface area contributed by atoms with Crippen molar-refractivity contribution in [3.8, 4) is 11.5 Å². The molecule has 0 unspecified atom stereocenters. The van der Waals surface area contributed by atoms with Crippen LogP contribution < -0.4 is 20.3 Å². The zero-order chi connectivity index (χ0) is 24.2. The molecule has 34 heavy (non-hydrogen) atoms. The first kappa shape index (κ1) is 23.3. The van der Waals surface area contributed by atoms with Gasteiger partial charge >= 0.3 is 0 Å². The van der Waals surface area contributed by atoms with E-state index in [1.54, 1.807) is 61.7 Å². The molecule has 0 saturated carbocycles. The first-order chi connectivity index (χ1) is 16.4. The number of para-hydroxylation sites is 1. The normalized spacial score (nSPS) is 11.5. The van der Waals surface area contributed by atoms with E-state index < -0.39 is 5.91 Å². The number of methoxy groups -OCH3 is 2. The molecule has 2 N–H and O–H groups in total. The first-order valence-electron chi connectivity index (χ1n) is 10.3. The number of aliphatic hydroxyl groups is 1. The molecular formula is C25H22ClN3O5. The van der Waals surface area contributed by atoms with Gasteiger partial charge in [-0.2, -0.15) is 0 Å². The van der Waals surface area contributed by atoms with Gasteiger partial charge in [0.05, 0.1) is 42.9 Å². The Labute approximate surface area is 200 Å². The lowest BCUT2D eigenvalue weighted by Crippen LogP contribution is -2.22. The number of hydrogen-bond donors (Lipinski definition) is 2. The Morgan fingerprint density at radius 1 is 1.15 bits per heavy atom. The van der Waals surface area contributed by atoms with Crippen molar-refractivity contribution < 1.29 is 23.8 Å². The molecular weight excluding hydrogens is 458 g/mol. The van der Waals surface area contributed by atoms with E-state index in [2.05, 4.69) is 15.3 Å². The number of amides is 1. The van der Waals surface area contributed by atoms with Crippen LogP contribution in [0.4, 0.5) is 11.4 Å². The molecule has 4 aromatic rings. The number of rotatable bonds is 6. The molecule has 2 aromatic heterocycles. The Bertz CT molecular complexity index is 1430. The van der Waals surface area contributed by atoms with E-state index >= 15 is 0 Å². The van der Waals surface area contributed by atoms with Gasteiger partial charge in [-0.3, -0.25) is 9.78 Å². The minimum Gasteiger partial charge on any atom is -0.497 e. The molecule has 0 spiro atoms. The second kappa shape index (κ2) is 9.94. The average Bonchev–Trinajstić information content (AvgIpc) is 2.85. The first-order valence-corrected chi connectivity index (χ1v) is 10.7. The van der Waals surface area contributed by atoms with Crippen LogP contribution in [0, 0.1) is 6.92 Å². The van der Waals surface area contributed by atoms with E-state index in [0.717, 1.165) is 0 Å². The van der Waals surface area contributed by atoms with Gasteiger partial charge in [0, 0.05) is 35.3 Å². The molecule has 9 heteroatoms. The fourth-order valence-electron chi connectivity index (χ4n) is 3.39. The summed E-state index contributed by atoms with van der Waals surface area (Å²) < 4.78 is 16.7. The summed E-state index contributed by atoms with van der Waals surface area (Å²) in [5.74, 6) is 0.577. The number of aromatic nitrogens is 1. The Morgan fingerprint density at radius 3 is 2.50 bits per heavy atom. The van der Waals surface area contributed by atoms with Crippen LogP contribution in [0.25, 0.3) is 11.0 Å². The predicted molar refractivity (Wildman–Crippen MR) is 129 cm³/mol. The highest BCUT2D eigenvalue weighted by Crippen LogP contribution is 2.28. The number of ether oxygens (including phenoxy) is 2. The molecule has 2 aromatic carbocycles. The SMILES string of the molecule is COc1cc(N=c2oc3c(C)ncc(CO)c3cc2C(=O)Nc2ccccc2Cl)cc(OC)c1. The predicted octanol–water partition coefficient (Wildman–Crippen LogP) is 4.78. The summed E-state index contributed by atoms with van der Waals surface area (Å²) in [6, 6.07) is 13.6. The van der Waals surface area contributed by atoms with Gasteiger partial charge in [-0.05, 0) is 25.1 Å². The van der Waals surface area contributed by atoms with Crippen molar-refractivity contribution in [2.75, 3.05) is 19.5 Å². The van der Waals surface area contributed by atoms with Crippen molar-refractivity contribution in [1.82, 2.24) is 4.98 Å². The van der Waals surface area contributed by atoms with Gasteiger partial charge in [0.2, 0.25) is 5.55 Å². The van der Waals surface area contributed by atoms with E-state index in [-0.39, 0.29) is 17.7 Å². The molecule has 0 bridgehead atoms. The molecule has 0 aliphatic rings. The zero-order valence-corrected chi connectivity index (χ0v) is 19.5. The lowest BCUT2D eigenvalue weighted by molar-refractivity contribution is 0.102. The van der Waals surface area contributed by atoms with Crippen LogP contribution in [0.15, 0.2) is 64.1 Å². The Hall–Kier alpha value is -3.88. The van der Waals surface area contributed by atoms with Gasteiger partial charge in [0.1, 0.15) is 17.1 Å². The van der Waals surface area contributed by atoms with Gasteiger partial charge in [-0.15, -0.1) is 0 Å². The van der Waals surface area contributed by atoms with Crippen LogP contribution in [0.1, 0.15) is 21.6 Å².